The Bertz CT molecular complexity index is 460. The summed E-state index contributed by atoms with van der Waals surface area (Å²) >= 11 is 0. The van der Waals surface area contributed by atoms with Crippen LogP contribution >= 0.6 is 0 Å². The average molecular weight is 176 g/mol. The van der Waals surface area contributed by atoms with Crippen molar-refractivity contribution in [3.63, 3.8) is 0 Å². The molecule has 1 nitrogen and oxygen atoms in total. The summed E-state index contributed by atoms with van der Waals surface area (Å²) in [7, 11) is 0. The number of aromatic nitrogens is 1. The molecule has 0 bridgehead atoms. The molecule has 1 aromatic heterocycles. The van der Waals surface area contributed by atoms with Gasteiger partial charge in [-0.3, -0.25) is 0 Å². The molecule has 0 amide bonds. The van der Waals surface area contributed by atoms with Crippen molar-refractivity contribution in [2.45, 2.75) is 0 Å². The number of hydrogen-bond donors (Lipinski definition) is 0. The van der Waals surface area contributed by atoms with Gasteiger partial charge in [-0.2, -0.15) is 0 Å². The minimum atomic E-state index is -2.10. The van der Waals surface area contributed by atoms with Crippen LogP contribution < -0.4 is 4.57 Å². The van der Waals surface area contributed by atoms with E-state index in [4.69, 9.17) is 4.11 Å². The first kappa shape index (κ1) is 5.18. The summed E-state index contributed by atoms with van der Waals surface area (Å²) in [5.41, 5.74) is 2.10. The van der Waals surface area contributed by atoms with Gasteiger partial charge < -0.3 is 0 Å². The van der Waals surface area contributed by atoms with Crippen LogP contribution in [0.2, 0.25) is 0 Å². The van der Waals surface area contributed by atoms with E-state index in [9.17, 15) is 0 Å². The molecule has 64 valence electrons. The van der Waals surface area contributed by atoms with Crippen LogP contribution in [0.3, 0.4) is 0 Å². The lowest BCUT2D eigenvalue weighted by atomic mass is 10.1. The Morgan fingerprint density at radius 2 is 1.54 bits per heavy atom. The van der Waals surface area contributed by atoms with Crippen LogP contribution in [0.15, 0.2) is 54.9 Å². The summed E-state index contributed by atoms with van der Waals surface area (Å²) in [6.45, 7) is -2.10. The standard InChI is InChI=1S/C12H12N/c1-13-9-7-12(8-10-13)11-5-3-2-4-6-11/h2-10H,1H3/q+1/i1T3. The number of aryl methyl sites for hydroxylation is 1. The lowest BCUT2D eigenvalue weighted by Gasteiger charge is -1.98. The fourth-order valence-electron chi connectivity index (χ4n) is 1.25. The Morgan fingerprint density at radius 1 is 0.923 bits per heavy atom. The van der Waals surface area contributed by atoms with Crippen LogP contribution in [0.5, 0.6) is 0 Å². The minimum absolute atomic E-state index is 1.01. The van der Waals surface area contributed by atoms with E-state index in [1.807, 2.05) is 42.5 Å². The molecule has 1 aromatic carbocycles. The lowest BCUT2D eigenvalue weighted by Crippen LogP contribution is -2.25. The second-order valence-corrected chi connectivity index (χ2v) is 2.86. The fraction of sp³-hybridized carbons (Fsp3) is 0.0833. The molecule has 0 N–H and O–H groups in total. The van der Waals surface area contributed by atoms with E-state index in [-0.39, 0.29) is 0 Å². The summed E-state index contributed by atoms with van der Waals surface area (Å²) < 4.78 is 23.0. The topological polar surface area (TPSA) is 3.88 Å². The maximum absolute atomic E-state index is 7.24. The van der Waals surface area contributed by atoms with Crippen molar-refractivity contribution in [3.05, 3.63) is 54.9 Å². The van der Waals surface area contributed by atoms with E-state index in [0.29, 0.717) is 0 Å². The predicted octanol–water partition coefficient (Wildman–Crippen LogP) is 2.18. The second-order valence-electron chi connectivity index (χ2n) is 2.86. The Morgan fingerprint density at radius 3 is 2.15 bits per heavy atom. The van der Waals surface area contributed by atoms with Crippen LogP contribution in [0.4, 0.5) is 0 Å². The van der Waals surface area contributed by atoms with Crippen molar-refractivity contribution < 1.29 is 8.68 Å². The number of hydrogen-bond acceptors (Lipinski definition) is 0. The highest BCUT2D eigenvalue weighted by Crippen LogP contribution is 2.16. The van der Waals surface area contributed by atoms with Crippen molar-refractivity contribution >= 4 is 0 Å². The van der Waals surface area contributed by atoms with Gasteiger partial charge in [-0.15, -0.1) is 0 Å². The third kappa shape index (κ3) is 1.75. The second kappa shape index (κ2) is 3.40. The highest BCUT2D eigenvalue weighted by Gasteiger charge is 1.97. The van der Waals surface area contributed by atoms with Crippen LogP contribution in [-0.4, -0.2) is 0 Å². The van der Waals surface area contributed by atoms with Crippen molar-refractivity contribution in [1.82, 2.24) is 0 Å². The molecule has 13 heavy (non-hydrogen) atoms. The Hall–Kier alpha value is -1.63. The molecule has 0 aliphatic heterocycles. The van der Waals surface area contributed by atoms with Gasteiger partial charge in [0.05, 0.1) is 0 Å². The van der Waals surface area contributed by atoms with Gasteiger partial charge in [0.25, 0.3) is 0 Å². The lowest BCUT2D eigenvalue weighted by molar-refractivity contribution is -0.671. The minimum Gasteiger partial charge on any atom is -0.208 e. The van der Waals surface area contributed by atoms with E-state index in [1.165, 1.54) is 4.57 Å². The molecule has 0 spiro atoms. The molecule has 1 heteroatoms. The first-order valence-corrected chi connectivity index (χ1v) is 4.14. The molecule has 2 aromatic rings. The summed E-state index contributed by atoms with van der Waals surface area (Å²) in [4.78, 5) is 0. The SMILES string of the molecule is [3H]C([3H])([3H])[n+]1ccc(-c2ccccc2)cc1. The van der Waals surface area contributed by atoms with Crippen LogP contribution in [0, 0.1) is 0 Å². The zero-order valence-corrected chi connectivity index (χ0v) is 7.14. The van der Waals surface area contributed by atoms with Gasteiger partial charge in [0.1, 0.15) is 11.1 Å². The number of nitrogens with zero attached hydrogens (tertiary/aromatic N) is 1. The van der Waals surface area contributed by atoms with E-state index in [1.54, 1.807) is 12.4 Å². The first-order chi connectivity index (χ1) is 7.57. The molecule has 0 aliphatic carbocycles. The Kier molecular flexibility index (Phi) is 1.35. The van der Waals surface area contributed by atoms with Crippen molar-refractivity contribution in [3.8, 4) is 11.1 Å². The molecular weight excluding hydrogens is 158 g/mol. The van der Waals surface area contributed by atoms with Crippen molar-refractivity contribution in [2.75, 3.05) is 0 Å². The Labute approximate surface area is 82.5 Å². The van der Waals surface area contributed by atoms with E-state index >= 15 is 0 Å². The molecule has 0 saturated heterocycles. The van der Waals surface area contributed by atoms with Crippen LogP contribution in [-0.2, 0) is 6.98 Å². The number of benzene rings is 1. The third-order valence-corrected chi connectivity index (χ3v) is 1.94. The molecule has 0 radical (unpaired) electrons. The van der Waals surface area contributed by atoms with E-state index < -0.39 is 6.98 Å². The van der Waals surface area contributed by atoms with Gasteiger partial charge in [0.15, 0.2) is 12.4 Å². The zero-order chi connectivity index (χ0) is 11.6. The van der Waals surface area contributed by atoms with Crippen molar-refractivity contribution in [2.24, 2.45) is 6.98 Å². The molecule has 0 atom stereocenters. The predicted molar refractivity (Wildman–Crippen MR) is 53.1 cm³/mol. The average Bonchev–Trinajstić information content (AvgIpc) is 2.29. The van der Waals surface area contributed by atoms with Gasteiger partial charge in [-0.25, -0.2) is 4.57 Å². The summed E-state index contributed by atoms with van der Waals surface area (Å²) in [6.07, 6.45) is 3.16. The summed E-state index contributed by atoms with van der Waals surface area (Å²) in [6, 6.07) is 13.5. The van der Waals surface area contributed by atoms with Gasteiger partial charge in [0, 0.05) is 12.1 Å². The third-order valence-electron chi connectivity index (χ3n) is 1.94. The van der Waals surface area contributed by atoms with Gasteiger partial charge in [-0.05, 0) is 11.1 Å². The molecule has 2 rings (SSSR count). The number of rotatable bonds is 1. The van der Waals surface area contributed by atoms with E-state index in [0.717, 1.165) is 11.1 Å². The summed E-state index contributed by atoms with van der Waals surface area (Å²) in [5, 5.41) is 0. The molecule has 0 fully saturated rings. The van der Waals surface area contributed by atoms with Gasteiger partial charge in [0.2, 0.25) is 0 Å². The smallest absolute Gasteiger partial charge is 0.169 e. The zero-order valence-electron chi connectivity index (χ0n) is 10.1. The maximum Gasteiger partial charge on any atom is 0.169 e. The van der Waals surface area contributed by atoms with Gasteiger partial charge in [-0.1, -0.05) is 30.3 Å². The summed E-state index contributed by atoms with van der Waals surface area (Å²) in [5.74, 6) is 0. The van der Waals surface area contributed by atoms with E-state index in [2.05, 4.69) is 0 Å². The van der Waals surface area contributed by atoms with Crippen molar-refractivity contribution in [1.29, 1.82) is 0 Å². The molecule has 0 unspecified atom stereocenters. The van der Waals surface area contributed by atoms with Crippen LogP contribution in [0.1, 0.15) is 4.11 Å². The largest absolute Gasteiger partial charge is 0.208 e. The number of pyridine rings is 1. The maximum atomic E-state index is 7.24. The Balaban J connectivity index is 2.34. The van der Waals surface area contributed by atoms with Gasteiger partial charge >= 0.3 is 0 Å². The quantitative estimate of drug-likeness (QED) is 0.586. The normalized spacial score (nSPS) is 14.3. The van der Waals surface area contributed by atoms with Crippen LogP contribution in [0.25, 0.3) is 11.1 Å². The molecule has 0 saturated carbocycles. The highest BCUT2D eigenvalue weighted by atomic mass is 14.9. The highest BCUT2D eigenvalue weighted by molar-refractivity contribution is 5.61. The molecule has 1 heterocycles. The molecule has 0 aliphatic rings. The first-order valence-electron chi connectivity index (χ1n) is 5.64. The molecular formula is C12H12N+. The fourth-order valence-corrected chi connectivity index (χ4v) is 1.25. The monoisotopic (exact) mass is 176 g/mol.